The SMILES string of the molecule is Cn1nc(Cl)c2ccc(-n3c(=O)cc(C(F)(F)F)[nH]c3=O)cc21.[H-].[Na+]. The summed E-state index contributed by atoms with van der Waals surface area (Å²) in [4.78, 5) is 25.5. The van der Waals surface area contributed by atoms with Gasteiger partial charge in [0.2, 0.25) is 0 Å². The first-order chi connectivity index (χ1) is 10.7. The molecule has 0 aliphatic carbocycles. The summed E-state index contributed by atoms with van der Waals surface area (Å²) in [5.74, 6) is 0. The molecule has 0 bridgehead atoms. The molecule has 24 heavy (non-hydrogen) atoms. The van der Waals surface area contributed by atoms with Crippen molar-refractivity contribution in [3.63, 3.8) is 0 Å². The normalized spacial score (nSPS) is 11.5. The number of rotatable bonds is 1. The summed E-state index contributed by atoms with van der Waals surface area (Å²) in [5.41, 5.74) is -3.03. The van der Waals surface area contributed by atoms with E-state index >= 15 is 0 Å². The van der Waals surface area contributed by atoms with Crippen LogP contribution in [0.15, 0.2) is 33.9 Å². The summed E-state index contributed by atoms with van der Waals surface area (Å²) in [7, 11) is 1.61. The third-order valence-electron chi connectivity index (χ3n) is 3.29. The summed E-state index contributed by atoms with van der Waals surface area (Å²) >= 11 is 5.92. The molecule has 0 unspecified atom stereocenters. The van der Waals surface area contributed by atoms with Crippen LogP contribution in [-0.4, -0.2) is 19.3 Å². The number of aryl methyl sites for hydroxylation is 1. The number of hydrogen-bond donors (Lipinski definition) is 1. The van der Waals surface area contributed by atoms with E-state index in [1.807, 2.05) is 0 Å². The maximum absolute atomic E-state index is 12.6. The Labute approximate surface area is 160 Å². The Morgan fingerprint density at radius 2 is 1.92 bits per heavy atom. The van der Waals surface area contributed by atoms with Crippen LogP contribution in [0.4, 0.5) is 13.2 Å². The number of aromatic nitrogens is 4. The Hall–Kier alpha value is -1.55. The molecular formula is C13H9ClF3N4NaO2. The van der Waals surface area contributed by atoms with E-state index in [4.69, 9.17) is 11.6 Å². The average Bonchev–Trinajstić information content (AvgIpc) is 2.72. The van der Waals surface area contributed by atoms with Gasteiger partial charge in [0.05, 0.1) is 11.2 Å². The zero-order chi connectivity index (χ0) is 16.9. The molecule has 0 radical (unpaired) electrons. The number of aromatic amines is 1. The van der Waals surface area contributed by atoms with Crippen LogP contribution >= 0.6 is 11.6 Å². The molecule has 3 aromatic rings. The maximum atomic E-state index is 12.6. The molecule has 0 aliphatic heterocycles. The van der Waals surface area contributed by atoms with Crippen molar-refractivity contribution in [1.29, 1.82) is 0 Å². The quantitative estimate of drug-likeness (QED) is 0.572. The Morgan fingerprint density at radius 1 is 1.25 bits per heavy atom. The van der Waals surface area contributed by atoms with Crippen LogP contribution in [0, 0.1) is 0 Å². The van der Waals surface area contributed by atoms with Gasteiger partial charge in [-0.1, -0.05) is 11.6 Å². The molecule has 3 rings (SSSR count). The molecule has 1 N–H and O–H groups in total. The Morgan fingerprint density at radius 3 is 2.50 bits per heavy atom. The van der Waals surface area contributed by atoms with Crippen LogP contribution < -0.4 is 40.8 Å². The molecule has 2 heterocycles. The average molecular weight is 369 g/mol. The molecule has 122 valence electrons. The fourth-order valence-electron chi connectivity index (χ4n) is 2.23. The maximum Gasteiger partial charge on any atom is 1.00 e. The number of nitrogens with one attached hydrogen (secondary N) is 1. The molecule has 0 spiro atoms. The van der Waals surface area contributed by atoms with E-state index in [0.717, 1.165) is 0 Å². The van der Waals surface area contributed by atoms with E-state index in [2.05, 4.69) is 5.10 Å². The van der Waals surface area contributed by atoms with Crippen LogP contribution in [0.3, 0.4) is 0 Å². The van der Waals surface area contributed by atoms with Crippen molar-refractivity contribution in [3.05, 3.63) is 56.0 Å². The van der Waals surface area contributed by atoms with Crippen LogP contribution in [0.1, 0.15) is 7.12 Å². The largest absolute Gasteiger partial charge is 1.00 e. The summed E-state index contributed by atoms with van der Waals surface area (Å²) in [6.45, 7) is 0. The third-order valence-corrected chi connectivity index (χ3v) is 3.57. The summed E-state index contributed by atoms with van der Waals surface area (Å²) < 4.78 is 39.8. The van der Waals surface area contributed by atoms with Gasteiger partial charge in [-0.05, 0) is 18.2 Å². The third kappa shape index (κ3) is 3.16. The molecule has 0 amide bonds. The molecule has 0 fully saturated rings. The second kappa shape index (κ2) is 6.40. The fourth-order valence-corrected chi connectivity index (χ4v) is 2.51. The smallest absolute Gasteiger partial charge is 1.00 e. The zero-order valence-corrected chi connectivity index (χ0v) is 15.2. The molecule has 2 aromatic heterocycles. The Balaban J connectivity index is 0.00000156. The second-order valence-electron chi connectivity index (χ2n) is 4.78. The molecule has 0 atom stereocenters. The van der Waals surface area contributed by atoms with E-state index in [9.17, 15) is 22.8 Å². The van der Waals surface area contributed by atoms with Crippen molar-refractivity contribution >= 4 is 22.5 Å². The monoisotopic (exact) mass is 368 g/mol. The molecule has 0 saturated carbocycles. The molecule has 11 heteroatoms. The van der Waals surface area contributed by atoms with Gasteiger partial charge < -0.3 is 6.41 Å². The van der Waals surface area contributed by atoms with Gasteiger partial charge in [-0.3, -0.25) is 9.48 Å². The number of fused-ring (bicyclic) bond motifs is 1. The van der Waals surface area contributed by atoms with Gasteiger partial charge in [-0.2, -0.15) is 18.3 Å². The van der Waals surface area contributed by atoms with E-state index < -0.39 is 23.1 Å². The number of halogens is 4. The van der Waals surface area contributed by atoms with Crippen LogP contribution in [0.5, 0.6) is 0 Å². The van der Waals surface area contributed by atoms with Crippen molar-refractivity contribution < 1.29 is 44.2 Å². The minimum atomic E-state index is -4.81. The van der Waals surface area contributed by atoms with Crippen molar-refractivity contribution in [3.8, 4) is 5.69 Å². The van der Waals surface area contributed by atoms with E-state index in [1.165, 1.54) is 22.9 Å². The van der Waals surface area contributed by atoms with E-state index in [1.54, 1.807) is 12.0 Å². The van der Waals surface area contributed by atoms with Crippen LogP contribution in [0.2, 0.25) is 5.15 Å². The van der Waals surface area contributed by atoms with Gasteiger partial charge >= 0.3 is 41.4 Å². The summed E-state index contributed by atoms with van der Waals surface area (Å²) in [5, 5.41) is 4.81. The molecular weight excluding hydrogens is 360 g/mol. The number of benzene rings is 1. The standard InChI is InChI=1S/C13H8ClF3N4O2.Na.H/c1-20-8-4-6(2-3-7(8)11(14)19-20)21-10(22)5-9(13(15,16)17)18-12(21)23;;/h2-5H,1H3,(H,18,23);;/q;+1;-1. The summed E-state index contributed by atoms with van der Waals surface area (Å²) in [6.07, 6.45) is -4.81. The zero-order valence-electron chi connectivity index (χ0n) is 13.5. The van der Waals surface area contributed by atoms with Gasteiger partial charge in [-0.15, -0.1) is 0 Å². The second-order valence-corrected chi connectivity index (χ2v) is 5.13. The van der Waals surface area contributed by atoms with Gasteiger partial charge in [0.25, 0.3) is 5.56 Å². The van der Waals surface area contributed by atoms with Crippen LogP contribution in [-0.2, 0) is 13.2 Å². The molecule has 1 aromatic carbocycles. The van der Waals surface area contributed by atoms with Gasteiger partial charge in [0, 0.05) is 18.5 Å². The van der Waals surface area contributed by atoms with Crippen molar-refractivity contribution in [2.24, 2.45) is 7.05 Å². The number of H-pyrrole nitrogens is 1. The topological polar surface area (TPSA) is 72.7 Å². The number of hydrogen-bond acceptors (Lipinski definition) is 3. The van der Waals surface area contributed by atoms with Crippen molar-refractivity contribution in [1.82, 2.24) is 19.3 Å². The molecule has 0 saturated heterocycles. The summed E-state index contributed by atoms with van der Waals surface area (Å²) in [6, 6.07) is 4.71. The van der Waals surface area contributed by atoms with Crippen molar-refractivity contribution in [2.45, 2.75) is 6.18 Å². The van der Waals surface area contributed by atoms with E-state index in [-0.39, 0.29) is 41.8 Å². The number of alkyl halides is 3. The predicted octanol–water partition coefficient (Wildman–Crippen LogP) is -0.799. The van der Waals surface area contributed by atoms with Gasteiger partial charge in [0.15, 0.2) is 5.15 Å². The van der Waals surface area contributed by atoms with Gasteiger partial charge in [-0.25, -0.2) is 9.36 Å². The first kappa shape index (κ1) is 18.8. The minimum absolute atomic E-state index is 0. The van der Waals surface area contributed by atoms with Crippen LogP contribution in [0.25, 0.3) is 16.6 Å². The van der Waals surface area contributed by atoms with Crippen molar-refractivity contribution in [2.75, 3.05) is 0 Å². The molecule has 6 nitrogen and oxygen atoms in total. The molecule has 0 aliphatic rings. The minimum Gasteiger partial charge on any atom is -1.00 e. The Kier molecular flexibility index (Phi) is 5.01. The first-order valence-corrected chi connectivity index (χ1v) is 6.62. The Bertz CT molecular complexity index is 1010. The van der Waals surface area contributed by atoms with E-state index in [0.29, 0.717) is 21.5 Å². The predicted molar refractivity (Wildman–Crippen MR) is 78.1 cm³/mol. The van der Waals surface area contributed by atoms with Gasteiger partial charge in [0.1, 0.15) is 5.69 Å². The number of nitrogens with zero attached hydrogens (tertiary/aromatic N) is 3. The fraction of sp³-hybridized carbons (Fsp3) is 0.154. The first-order valence-electron chi connectivity index (χ1n) is 6.24.